The van der Waals surface area contributed by atoms with Crippen molar-refractivity contribution in [2.45, 2.75) is 13.0 Å². The first-order valence-corrected chi connectivity index (χ1v) is 7.44. The van der Waals surface area contributed by atoms with E-state index in [0.29, 0.717) is 16.7 Å². The predicted molar refractivity (Wildman–Crippen MR) is 88.5 cm³/mol. The van der Waals surface area contributed by atoms with E-state index in [-0.39, 0.29) is 11.6 Å². The van der Waals surface area contributed by atoms with Gasteiger partial charge in [-0.2, -0.15) is 0 Å². The Morgan fingerprint density at radius 3 is 2.62 bits per heavy atom. The second-order valence-electron chi connectivity index (χ2n) is 4.84. The van der Waals surface area contributed by atoms with E-state index in [2.05, 4.69) is 31.2 Å². The molecule has 2 aromatic carbocycles. The molecule has 0 saturated heterocycles. The van der Waals surface area contributed by atoms with Crippen molar-refractivity contribution in [3.8, 4) is 0 Å². The molecule has 5 heteroatoms. The van der Waals surface area contributed by atoms with Gasteiger partial charge in [0.2, 0.25) is 0 Å². The van der Waals surface area contributed by atoms with E-state index < -0.39 is 0 Å². The van der Waals surface area contributed by atoms with Gasteiger partial charge in [-0.15, -0.1) is 0 Å². The summed E-state index contributed by atoms with van der Waals surface area (Å²) in [4.78, 5) is 19.4. The van der Waals surface area contributed by atoms with E-state index in [4.69, 9.17) is 0 Å². The molecule has 1 atom stereocenters. The molecule has 0 saturated carbocycles. The highest BCUT2D eigenvalue weighted by Crippen LogP contribution is 2.19. The van der Waals surface area contributed by atoms with Crippen LogP contribution in [0.1, 0.15) is 18.8 Å². The number of benzene rings is 2. The monoisotopic (exact) mass is 343 g/mol. The molecular weight excluding hydrogens is 330 g/mol. The van der Waals surface area contributed by atoms with Crippen LogP contribution < -0.4 is 10.9 Å². The fourth-order valence-corrected chi connectivity index (χ4v) is 2.44. The number of fused-ring (bicyclic) bond motifs is 1. The van der Waals surface area contributed by atoms with Crippen molar-refractivity contribution in [1.82, 2.24) is 9.97 Å². The summed E-state index contributed by atoms with van der Waals surface area (Å²) in [6, 6.07) is 15.1. The summed E-state index contributed by atoms with van der Waals surface area (Å²) in [5, 5.41) is 3.93. The van der Waals surface area contributed by atoms with Gasteiger partial charge in [-0.1, -0.05) is 28.1 Å². The molecule has 0 amide bonds. The van der Waals surface area contributed by atoms with Crippen LogP contribution in [0, 0.1) is 0 Å². The molecule has 4 nitrogen and oxygen atoms in total. The molecule has 0 aliphatic carbocycles. The SMILES string of the molecule is C[C@H](Nc1ccc(Br)cc1)c1nc2ccccc2c(=O)[nH]1. The first-order valence-electron chi connectivity index (χ1n) is 6.64. The molecule has 3 aromatic rings. The maximum absolute atomic E-state index is 12.1. The van der Waals surface area contributed by atoms with Gasteiger partial charge in [-0.3, -0.25) is 4.79 Å². The van der Waals surface area contributed by atoms with Crippen LogP contribution >= 0.6 is 15.9 Å². The third-order valence-corrected chi connectivity index (χ3v) is 3.80. The second kappa shape index (κ2) is 5.69. The number of H-pyrrole nitrogens is 1. The quantitative estimate of drug-likeness (QED) is 0.759. The number of anilines is 1. The molecule has 0 aliphatic rings. The summed E-state index contributed by atoms with van der Waals surface area (Å²) in [5.74, 6) is 0.626. The van der Waals surface area contributed by atoms with E-state index >= 15 is 0 Å². The molecule has 0 aliphatic heterocycles. The lowest BCUT2D eigenvalue weighted by molar-refractivity contribution is 0.791. The summed E-state index contributed by atoms with van der Waals surface area (Å²) in [7, 11) is 0. The molecule has 21 heavy (non-hydrogen) atoms. The Morgan fingerprint density at radius 2 is 1.86 bits per heavy atom. The molecular formula is C16H14BrN3O. The first-order chi connectivity index (χ1) is 10.1. The van der Waals surface area contributed by atoms with Crippen LogP contribution in [-0.4, -0.2) is 9.97 Å². The van der Waals surface area contributed by atoms with Crippen molar-refractivity contribution < 1.29 is 0 Å². The van der Waals surface area contributed by atoms with Crippen molar-refractivity contribution >= 4 is 32.5 Å². The van der Waals surface area contributed by atoms with Gasteiger partial charge in [0.15, 0.2) is 0 Å². The third kappa shape index (κ3) is 2.97. The number of hydrogen-bond acceptors (Lipinski definition) is 3. The minimum atomic E-state index is -0.111. The van der Waals surface area contributed by atoms with Crippen molar-refractivity contribution in [3.05, 3.63) is 69.2 Å². The zero-order valence-corrected chi connectivity index (χ0v) is 13.0. The number of para-hydroxylation sites is 1. The fourth-order valence-electron chi connectivity index (χ4n) is 2.17. The van der Waals surface area contributed by atoms with Crippen molar-refractivity contribution in [3.63, 3.8) is 0 Å². The van der Waals surface area contributed by atoms with Crippen LogP contribution in [0.3, 0.4) is 0 Å². The van der Waals surface area contributed by atoms with Gasteiger partial charge < -0.3 is 10.3 Å². The average Bonchev–Trinajstić information content (AvgIpc) is 2.49. The van der Waals surface area contributed by atoms with Gasteiger partial charge in [-0.05, 0) is 43.3 Å². The molecule has 0 fully saturated rings. The van der Waals surface area contributed by atoms with Gasteiger partial charge >= 0.3 is 0 Å². The van der Waals surface area contributed by atoms with Crippen molar-refractivity contribution in [1.29, 1.82) is 0 Å². The molecule has 1 heterocycles. The van der Waals surface area contributed by atoms with Gasteiger partial charge in [0.25, 0.3) is 5.56 Å². The van der Waals surface area contributed by atoms with Crippen LogP contribution in [0.5, 0.6) is 0 Å². The molecule has 0 bridgehead atoms. The van der Waals surface area contributed by atoms with E-state index in [9.17, 15) is 4.79 Å². The number of nitrogens with zero attached hydrogens (tertiary/aromatic N) is 1. The Morgan fingerprint density at radius 1 is 1.14 bits per heavy atom. The number of hydrogen-bond donors (Lipinski definition) is 2. The summed E-state index contributed by atoms with van der Waals surface area (Å²) < 4.78 is 1.03. The van der Waals surface area contributed by atoms with E-state index in [1.165, 1.54) is 0 Å². The van der Waals surface area contributed by atoms with E-state index in [1.54, 1.807) is 6.07 Å². The fraction of sp³-hybridized carbons (Fsp3) is 0.125. The largest absolute Gasteiger partial charge is 0.375 e. The molecule has 2 N–H and O–H groups in total. The van der Waals surface area contributed by atoms with Crippen LogP contribution in [0.25, 0.3) is 10.9 Å². The minimum absolute atomic E-state index is 0.0940. The van der Waals surface area contributed by atoms with E-state index in [1.807, 2.05) is 49.4 Å². The van der Waals surface area contributed by atoms with Crippen LogP contribution in [0.4, 0.5) is 5.69 Å². The number of halogens is 1. The molecule has 106 valence electrons. The number of nitrogens with one attached hydrogen (secondary N) is 2. The van der Waals surface area contributed by atoms with Crippen LogP contribution in [0.15, 0.2) is 57.8 Å². The number of aromatic nitrogens is 2. The number of aromatic amines is 1. The summed E-state index contributed by atoms with van der Waals surface area (Å²) in [6.07, 6.45) is 0. The first kappa shape index (κ1) is 13.8. The number of rotatable bonds is 3. The third-order valence-electron chi connectivity index (χ3n) is 3.27. The lowest BCUT2D eigenvalue weighted by Gasteiger charge is -2.15. The van der Waals surface area contributed by atoms with Gasteiger partial charge in [0, 0.05) is 10.2 Å². The second-order valence-corrected chi connectivity index (χ2v) is 5.76. The minimum Gasteiger partial charge on any atom is -0.375 e. The topological polar surface area (TPSA) is 57.8 Å². The van der Waals surface area contributed by atoms with Crippen LogP contribution in [0.2, 0.25) is 0 Å². The molecule has 0 spiro atoms. The average molecular weight is 344 g/mol. The standard InChI is InChI=1S/C16H14BrN3O/c1-10(18-12-8-6-11(17)7-9-12)15-19-14-5-3-2-4-13(14)16(21)20-15/h2-10,18H,1H3,(H,19,20,21)/t10-/m0/s1. The highest BCUT2D eigenvalue weighted by atomic mass is 79.9. The van der Waals surface area contributed by atoms with Crippen molar-refractivity contribution in [2.75, 3.05) is 5.32 Å². The maximum Gasteiger partial charge on any atom is 0.258 e. The maximum atomic E-state index is 12.1. The van der Waals surface area contributed by atoms with E-state index in [0.717, 1.165) is 10.2 Å². The zero-order valence-electron chi connectivity index (χ0n) is 11.4. The summed E-state index contributed by atoms with van der Waals surface area (Å²) in [6.45, 7) is 1.97. The Hall–Kier alpha value is -2.14. The smallest absolute Gasteiger partial charge is 0.258 e. The summed E-state index contributed by atoms with van der Waals surface area (Å²) in [5.41, 5.74) is 1.57. The molecule has 3 rings (SSSR count). The Labute approximate surface area is 130 Å². The van der Waals surface area contributed by atoms with Crippen molar-refractivity contribution in [2.24, 2.45) is 0 Å². The highest BCUT2D eigenvalue weighted by Gasteiger charge is 2.10. The van der Waals surface area contributed by atoms with Gasteiger partial charge in [-0.25, -0.2) is 4.98 Å². The lowest BCUT2D eigenvalue weighted by atomic mass is 10.2. The van der Waals surface area contributed by atoms with Gasteiger partial charge in [0.05, 0.1) is 16.9 Å². The normalized spacial score (nSPS) is 12.3. The summed E-state index contributed by atoms with van der Waals surface area (Å²) >= 11 is 3.41. The predicted octanol–water partition coefficient (Wildman–Crippen LogP) is 3.86. The molecule has 0 radical (unpaired) electrons. The highest BCUT2D eigenvalue weighted by molar-refractivity contribution is 9.10. The Bertz CT molecular complexity index is 827. The lowest BCUT2D eigenvalue weighted by Crippen LogP contribution is -2.17. The Balaban J connectivity index is 1.92. The van der Waals surface area contributed by atoms with Gasteiger partial charge in [0.1, 0.15) is 5.82 Å². The zero-order chi connectivity index (χ0) is 14.8. The Kier molecular flexibility index (Phi) is 3.75. The molecule has 0 unspecified atom stereocenters. The van der Waals surface area contributed by atoms with Crippen LogP contribution in [-0.2, 0) is 0 Å². The molecule has 1 aromatic heterocycles.